The summed E-state index contributed by atoms with van der Waals surface area (Å²) in [4.78, 5) is 31.3. The van der Waals surface area contributed by atoms with E-state index in [9.17, 15) is 14.0 Å². The Balaban J connectivity index is 1.47. The number of carbonyl (C=O) groups excluding carboxylic acids is 2. The average Bonchev–Trinajstić information content (AvgIpc) is 3.13. The van der Waals surface area contributed by atoms with E-state index in [1.165, 1.54) is 17.9 Å². The van der Waals surface area contributed by atoms with Gasteiger partial charge in [-0.05, 0) is 30.3 Å². The molecular formula is C21H23FN4O3S. The van der Waals surface area contributed by atoms with Crippen LogP contribution in [0.25, 0.3) is 11.1 Å². The third-order valence-electron chi connectivity index (χ3n) is 5.11. The van der Waals surface area contributed by atoms with E-state index in [2.05, 4.69) is 15.2 Å². The third kappa shape index (κ3) is 4.51. The minimum atomic E-state index is -0.553. The lowest BCUT2D eigenvalue weighted by atomic mass is 10.1. The molecular weight excluding hydrogens is 407 g/mol. The summed E-state index contributed by atoms with van der Waals surface area (Å²) in [5, 5.41) is 2.62. The molecule has 1 aromatic heterocycles. The number of halogens is 1. The second-order valence-electron chi connectivity index (χ2n) is 7.22. The quantitative estimate of drug-likeness (QED) is 0.786. The van der Waals surface area contributed by atoms with Gasteiger partial charge in [-0.15, -0.1) is 0 Å². The van der Waals surface area contributed by atoms with Crippen molar-refractivity contribution in [2.24, 2.45) is 0 Å². The van der Waals surface area contributed by atoms with E-state index in [1.807, 2.05) is 23.9 Å². The van der Waals surface area contributed by atoms with Crippen LogP contribution in [0.2, 0.25) is 0 Å². The second-order valence-corrected chi connectivity index (χ2v) is 8.45. The molecule has 2 fully saturated rings. The van der Waals surface area contributed by atoms with Gasteiger partial charge in [-0.1, -0.05) is 0 Å². The smallest absolute Gasteiger partial charge is 0.414 e. The number of amides is 2. The molecule has 4 rings (SSSR count). The average molecular weight is 431 g/mol. The van der Waals surface area contributed by atoms with Crippen molar-refractivity contribution in [2.75, 3.05) is 47.5 Å². The highest BCUT2D eigenvalue weighted by Crippen LogP contribution is 2.29. The molecule has 2 aliphatic heterocycles. The van der Waals surface area contributed by atoms with Crippen LogP contribution in [-0.2, 0) is 9.53 Å². The first-order valence-electron chi connectivity index (χ1n) is 9.82. The number of ether oxygens (including phenoxy) is 1. The molecule has 1 unspecified atom stereocenters. The summed E-state index contributed by atoms with van der Waals surface area (Å²) in [6.45, 7) is 3.81. The Morgan fingerprint density at radius 3 is 2.77 bits per heavy atom. The number of rotatable bonds is 5. The molecule has 9 heteroatoms. The summed E-state index contributed by atoms with van der Waals surface area (Å²) in [6, 6.07) is 8.45. The summed E-state index contributed by atoms with van der Waals surface area (Å²) in [5.41, 5.74) is 1.53. The Labute approximate surface area is 178 Å². The van der Waals surface area contributed by atoms with Crippen LogP contribution in [0.4, 0.5) is 20.7 Å². The van der Waals surface area contributed by atoms with E-state index in [0.29, 0.717) is 16.8 Å². The molecule has 1 N–H and O–H groups in total. The van der Waals surface area contributed by atoms with Crippen molar-refractivity contribution >= 4 is 35.3 Å². The van der Waals surface area contributed by atoms with Gasteiger partial charge in [0.2, 0.25) is 5.91 Å². The summed E-state index contributed by atoms with van der Waals surface area (Å²) in [5.74, 6) is 2.45. The van der Waals surface area contributed by atoms with Gasteiger partial charge in [0.25, 0.3) is 0 Å². The Morgan fingerprint density at radius 2 is 2.10 bits per heavy atom. The number of nitrogens with one attached hydrogen (secondary N) is 1. The molecule has 1 atom stereocenters. The molecule has 3 heterocycles. The number of aromatic nitrogens is 1. The second kappa shape index (κ2) is 8.91. The predicted octanol–water partition coefficient (Wildman–Crippen LogP) is 2.90. The van der Waals surface area contributed by atoms with Crippen molar-refractivity contribution in [1.82, 2.24) is 10.3 Å². The van der Waals surface area contributed by atoms with Crippen LogP contribution in [0.1, 0.15) is 6.92 Å². The number of hydrogen-bond acceptors (Lipinski definition) is 6. The zero-order chi connectivity index (χ0) is 21.1. The molecule has 7 nitrogen and oxygen atoms in total. The number of pyridine rings is 1. The maximum atomic E-state index is 14.8. The summed E-state index contributed by atoms with van der Waals surface area (Å²) in [7, 11) is 0. The highest BCUT2D eigenvalue weighted by molar-refractivity contribution is 7.99. The van der Waals surface area contributed by atoms with Crippen molar-refractivity contribution in [1.29, 1.82) is 0 Å². The molecule has 0 bridgehead atoms. The molecule has 2 aromatic rings. The molecule has 30 heavy (non-hydrogen) atoms. The van der Waals surface area contributed by atoms with E-state index in [1.54, 1.807) is 18.3 Å². The van der Waals surface area contributed by atoms with Gasteiger partial charge in [0.15, 0.2) is 0 Å². The fraction of sp³-hybridized carbons (Fsp3) is 0.381. The summed E-state index contributed by atoms with van der Waals surface area (Å²) in [6.07, 6.45) is 0.667. The first-order valence-corrected chi connectivity index (χ1v) is 11.0. The first-order chi connectivity index (χ1) is 14.5. The molecule has 158 valence electrons. The number of benzene rings is 1. The Morgan fingerprint density at radius 1 is 1.30 bits per heavy atom. The molecule has 0 aliphatic carbocycles. The lowest BCUT2D eigenvalue weighted by Crippen LogP contribution is -2.33. The fourth-order valence-corrected chi connectivity index (χ4v) is 4.43. The highest BCUT2D eigenvalue weighted by atomic mass is 32.2. The first kappa shape index (κ1) is 20.5. The van der Waals surface area contributed by atoms with Crippen LogP contribution in [0, 0.1) is 5.82 Å². The number of cyclic esters (lactones) is 1. The van der Waals surface area contributed by atoms with Crippen LogP contribution in [0.3, 0.4) is 0 Å². The van der Waals surface area contributed by atoms with Gasteiger partial charge >= 0.3 is 6.09 Å². The van der Waals surface area contributed by atoms with Gasteiger partial charge in [0, 0.05) is 48.8 Å². The highest BCUT2D eigenvalue weighted by Gasteiger charge is 2.32. The van der Waals surface area contributed by atoms with Crippen molar-refractivity contribution in [3.05, 3.63) is 42.3 Å². The lowest BCUT2D eigenvalue weighted by molar-refractivity contribution is -0.119. The lowest BCUT2D eigenvalue weighted by Gasteiger charge is -2.27. The summed E-state index contributed by atoms with van der Waals surface area (Å²) < 4.78 is 20.1. The van der Waals surface area contributed by atoms with Gasteiger partial charge in [0.05, 0.1) is 18.8 Å². The Hall–Kier alpha value is -2.81. The van der Waals surface area contributed by atoms with Crippen molar-refractivity contribution in [3.8, 4) is 11.1 Å². The SMILES string of the molecule is CC(=O)NCC1CN(c2ccc(-c3ccc(N4CCSCC4)nc3)c(F)c2)C(=O)O1. The molecule has 0 saturated carbocycles. The van der Waals surface area contributed by atoms with Crippen molar-refractivity contribution < 1.29 is 18.7 Å². The Kier molecular flexibility index (Phi) is 6.08. The fourth-order valence-electron chi connectivity index (χ4n) is 3.53. The van der Waals surface area contributed by atoms with Gasteiger partial charge in [-0.2, -0.15) is 11.8 Å². The molecule has 0 spiro atoms. The monoisotopic (exact) mass is 430 g/mol. The number of thioether (sulfide) groups is 1. The van der Waals surface area contributed by atoms with Crippen LogP contribution in [0.5, 0.6) is 0 Å². The van der Waals surface area contributed by atoms with Crippen molar-refractivity contribution in [3.63, 3.8) is 0 Å². The molecule has 1 aromatic carbocycles. The minimum absolute atomic E-state index is 0.196. The normalized spacial score (nSPS) is 19.0. The van der Waals surface area contributed by atoms with E-state index >= 15 is 0 Å². The van der Waals surface area contributed by atoms with Crippen LogP contribution in [-0.4, -0.2) is 60.8 Å². The van der Waals surface area contributed by atoms with Gasteiger partial charge in [-0.25, -0.2) is 14.2 Å². The zero-order valence-electron chi connectivity index (χ0n) is 16.6. The Bertz CT molecular complexity index is 934. The van der Waals surface area contributed by atoms with Crippen LogP contribution in [0.15, 0.2) is 36.5 Å². The molecule has 2 amide bonds. The van der Waals surface area contributed by atoms with E-state index in [4.69, 9.17) is 4.74 Å². The topological polar surface area (TPSA) is 74.8 Å². The number of anilines is 2. The third-order valence-corrected chi connectivity index (χ3v) is 6.05. The van der Waals surface area contributed by atoms with Gasteiger partial charge < -0.3 is 15.0 Å². The van der Waals surface area contributed by atoms with E-state index in [0.717, 1.165) is 30.4 Å². The van der Waals surface area contributed by atoms with Crippen LogP contribution < -0.4 is 15.1 Å². The van der Waals surface area contributed by atoms with Crippen molar-refractivity contribution in [2.45, 2.75) is 13.0 Å². The largest absolute Gasteiger partial charge is 0.442 e. The molecule has 2 saturated heterocycles. The standard InChI is InChI=1S/C21H23FN4O3S/c1-14(27)23-12-17-13-26(21(28)29-17)16-3-4-18(19(22)10-16)15-2-5-20(24-11-15)25-6-8-30-9-7-25/h2-5,10-11,17H,6-9,12-13H2,1H3,(H,23,27). The van der Waals surface area contributed by atoms with E-state index < -0.39 is 18.0 Å². The molecule has 0 radical (unpaired) electrons. The predicted molar refractivity (Wildman–Crippen MR) is 115 cm³/mol. The van der Waals surface area contributed by atoms with Gasteiger partial charge in [-0.3, -0.25) is 9.69 Å². The molecule has 2 aliphatic rings. The van der Waals surface area contributed by atoms with Crippen LogP contribution >= 0.6 is 11.8 Å². The summed E-state index contributed by atoms with van der Waals surface area (Å²) >= 11 is 1.94. The minimum Gasteiger partial charge on any atom is -0.442 e. The maximum Gasteiger partial charge on any atom is 0.414 e. The van der Waals surface area contributed by atoms with E-state index in [-0.39, 0.29) is 19.0 Å². The van der Waals surface area contributed by atoms with Gasteiger partial charge in [0.1, 0.15) is 17.7 Å². The number of carbonyl (C=O) groups is 2. The number of hydrogen-bond donors (Lipinski definition) is 1. The zero-order valence-corrected chi connectivity index (χ0v) is 17.5. The number of nitrogens with zero attached hydrogens (tertiary/aromatic N) is 3. The maximum absolute atomic E-state index is 14.8.